The highest BCUT2D eigenvalue weighted by Crippen LogP contribution is 2.24. The Morgan fingerprint density at radius 2 is 1.93 bits per heavy atom. The lowest BCUT2D eigenvalue weighted by molar-refractivity contribution is -0.133. The van der Waals surface area contributed by atoms with E-state index in [2.05, 4.69) is 10.2 Å². The molecule has 1 rings (SSSR count). The minimum absolute atomic E-state index is 0.0298. The minimum Gasteiger partial charge on any atom is -0.315 e. The van der Waals surface area contributed by atoms with Gasteiger partial charge in [-0.1, -0.05) is 0 Å². The molecule has 2 nitrogen and oxygen atoms in total. The smallest absolute Gasteiger partial charge is 0.315 e. The van der Waals surface area contributed by atoms with Crippen molar-refractivity contribution in [2.75, 3.05) is 26.7 Å². The summed E-state index contributed by atoms with van der Waals surface area (Å²) in [5, 5.41) is 2.79. The van der Waals surface area contributed by atoms with Crippen molar-refractivity contribution in [2.24, 2.45) is 0 Å². The van der Waals surface area contributed by atoms with Crippen molar-refractivity contribution in [2.45, 2.75) is 31.5 Å². The number of alkyl halides is 3. The van der Waals surface area contributed by atoms with Crippen LogP contribution in [0, 0.1) is 0 Å². The maximum Gasteiger partial charge on any atom is 0.390 e. The quantitative estimate of drug-likeness (QED) is 0.670. The van der Waals surface area contributed by atoms with E-state index >= 15 is 0 Å². The molecule has 1 fully saturated rings. The second-order valence-electron chi connectivity index (χ2n) is 3.83. The van der Waals surface area contributed by atoms with Crippen molar-refractivity contribution in [3.63, 3.8) is 0 Å². The van der Waals surface area contributed by atoms with Crippen molar-refractivity contribution in [3.05, 3.63) is 0 Å². The normalized spacial score (nSPS) is 17.8. The monoisotopic (exact) mass is 210 g/mol. The van der Waals surface area contributed by atoms with Crippen molar-refractivity contribution in [1.82, 2.24) is 10.2 Å². The molecule has 0 aliphatic heterocycles. The highest BCUT2D eigenvalue weighted by molar-refractivity contribution is 4.82. The van der Waals surface area contributed by atoms with Crippen LogP contribution in [0.3, 0.4) is 0 Å². The molecule has 1 aliphatic rings. The van der Waals surface area contributed by atoms with E-state index < -0.39 is 12.6 Å². The minimum atomic E-state index is -4.03. The third kappa shape index (κ3) is 5.44. The van der Waals surface area contributed by atoms with E-state index in [1.165, 1.54) is 12.8 Å². The summed E-state index contributed by atoms with van der Waals surface area (Å²) in [4.78, 5) is 2.20. The van der Waals surface area contributed by atoms with Crippen LogP contribution in [0.4, 0.5) is 13.2 Å². The average molecular weight is 210 g/mol. The van der Waals surface area contributed by atoms with Gasteiger partial charge in [-0.25, -0.2) is 0 Å². The Bertz CT molecular complexity index is 166. The highest BCUT2D eigenvalue weighted by Gasteiger charge is 2.27. The first-order valence-corrected chi connectivity index (χ1v) is 4.97. The number of nitrogens with one attached hydrogen (secondary N) is 1. The number of likely N-dealkylation sites (N-methyl/N-ethyl adjacent to an activating group) is 1. The van der Waals surface area contributed by atoms with E-state index in [-0.39, 0.29) is 6.54 Å². The molecule has 84 valence electrons. The Labute approximate surface area is 82.5 Å². The fourth-order valence-electron chi connectivity index (χ4n) is 1.31. The predicted octanol–water partition coefficient (Wildman–Crippen LogP) is 1.62. The van der Waals surface area contributed by atoms with Gasteiger partial charge in [-0.15, -0.1) is 0 Å². The summed E-state index contributed by atoms with van der Waals surface area (Å²) >= 11 is 0. The SMILES string of the molecule is CN(CCNCCC(F)(F)F)C1CC1. The predicted molar refractivity (Wildman–Crippen MR) is 49.2 cm³/mol. The molecule has 0 aromatic rings. The molecule has 1 saturated carbocycles. The first-order valence-electron chi connectivity index (χ1n) is 4.97. The van der Waals surface area contributed by atoms with E-state index in [0.717, 1.165) is 6.54 Å². The summed E-state index contributed by atoms with van der Waals surface area (Å²) in [6.07, 6.45) is -2.30. The van der Waals surface area contributed by atoms with Gasteiger partial charge in [0.25, 0.3) is 0 Å². The summed E-state index contributed by atoms with van der Waals surface area (Å²) in [6.45, 7) is 1.51. The summed E-state index contributed by atoms with van der Waals surface area (Å²) in [6, 6.07) is 0.680. The number of rotatable bonds is 6. The fraction of sp³-hybridized carbons (Fsp3) is 1.00. The molecule has 0 aromatic carbocycles. The second-order valence-corrected chi connectivity index (χ2v) is 3.83. The lowest BCUT2D eigenvalue weighted by Crippen LogP contribution is -2.32. The Hall–Kier alpha value is -0.290. The second kappa shape index (κ2) is 4.98. The van der Waals surface area contributed by atoms with Crippen LogP contribution in [0.25, 0.3) is 0 Å². The van der Waals surface area contributed by atoms with Crippen LogP contribution in [0.2, 0.25) is 0 Å². The zero-order valence-corrected chi connectivity index (χ0v) is 8.40. The van der Waals surface area contributed by atoms with Gasteiger partial charge in [0.2, 0.25) is 0 Å². The zero-order valence-electron chi connectivity index (χ0n) is 8.40. The topological polar surface area (TPSA) is 15.3 Å². The summed E-state index contributed by atoms with van der Waals surface area (Å²) in [7, 11) is 2.02. The van der Waals surface area contributed by atoms with E-state index in [1.807, 2.05) is 7.05 Å². The molecule has 0 spiro atoms. The first kappa shape index (κ1) is 11.8. The van der Waals surface area contributed by atoms with Gasteiger partial charge < -0.3 is 10.2 Å². The Balaban J connectivity index is 1.88. The van der Waals surface area contributed by atoms with Crippen LogP contribution in [0.15, 0.2) is 0 Å². The fourth-order valence-corrected chi connectivity index (χ4v) is 1.31. The third-order valence-electron chi connectivity index (χ3n) is 2.40. The van der Waals surface area contributed by atoms with E-state index in [0.29, 0.717) is 12.6 Å². The lowest BCUT2D eigenvalue weighted by Gasteiger charge is -2.15. The number of nitrogens with zero attached hydrogens (tertiary/aromatic N) is 1. The molecule has 0 unspecified atom stereocenters. The summed E-state index contributed by atoms with van der Waals surface area (Å²) < 4.78 is 35.2. The van der Waals surface area contributed by atoms with Crippen molar-refractivity contribution in [1.29, 1.82) is 0 Å². The molecule has 0 atom stereocenters. The summed E-state index contributed by atoms with van der Waals surface area (Å²) in [5.41, 5.74) is 0. The van der Waals surface area contributed by atoms with Crippen molar-refractivity contribution in [3.8, 4) is 0 Å². The van der Waals surface area contributed by atoms with E-state index in [9.17, 15) is 13.2 Å². The molecule has 5 heteroatoms. The van der Waals surface area contributed by atoms with E-state index in [4.69, 9.17) is 0 Å². The molecule has 14 heavy (non-hydrogen) atoms. The molecule has 0 radical (unpaired) electrons. The Kier molecular flexibility index (Phi) is 4.19. The van der Waals surface area contributed by atoms with Gasteiger partial charge in [-0.2, -0.15) is 13.2 Å². The molecule has 1 aliphatic carbocycles. The molecular weight excluding hydrogens is 193 g/mol. The number of hydrogen-bond acceptors (Lipinski definition) is 2. The molecule has 0 aromatic heterocycles. The van der Waals surface area contributed by atoms with Crippen molar-refractivity contribution < 1.29 is 13.2 Å². The van der Waals surface area contributed by atoms with Gasteiger partial charge in [-0.3, -0.25) is 0 Å². The van der Waals surface area contributed by atoms with E-state index in [1.54, 1.807) is 0 Å². The zero-order chi connectivity index (χ0) is 10.6. The summed E-state index contributed by atoms with van der Waals surface area (Å²) in [5.74, 6) is 0. The molecule has 0 amide bonds. The van der Waals surface area contributed by atoms with Gasteiger partial charge in [-0.05, 0) is 19.9 Å². The maximum atomic E-state index is 11.7. The van der Waals surface area contributed by atoms with Crippen LogP contribution in [-0.4, -0.2) is 43.8 Å². The standard InChI is InChI=1S/C9H17F3N2/c1-14(8-2-3-8)7-6-13-5-4-9(10,11)12/h8,13H,2-7H2,1H3. The Morgan fingerprint density at radius 3 is 2.43 bits per heavy atom. The highest BCUT2D eigenvalue weighted by atomic mass is 19.4. The van der Waals surface area contributed by atoms with Gasteiger partial charge in [0, 0.05) is 25.7 Å². The number of hydrogen-bond donors (Lipinski definition) is 1. The largest absolute Gasteiger partial charge is 0.390 e. The van der Waals surface area contributed by atoms with Gasteiger partial charge in [0.05, 0.1) is 6.42 Å². The Morgan fingerprint density at radius 1 is 1.29 bits per heavy atom. The van der Waals surface area contributed by atoms with Crippen LogP contribution >= 0.6 is 0 Å². The molecule has 0 heterocycles. The van der Waals surface area contributed by atoms with Crippen LogP contribution in [-0.2, 0) is 0 Å². The van der Waals surface area contributed by atoms with Crippen LogP contribution in [0.1, 0.15) is 19.3 Å². The first-order chi connectivity index (χ1) is 6.49. The molecular formula is C9H17F3N2. The van der Waals surface area contributed by atoms with Crippen LogP contribution in [0.5, 0.6) is 0 Å². The van der Waals surface area contributed by atoms with Gasteiger partial charge >= 0.3 is 6.18 Å². The van der Waals surface area contributed by atoms with Crippen LogP contribution < -0.4 is 5.32 Å². The third-order valence-corrected chi connectivity index (χ3v) is 2.40. The van der Waals surface area contributed by atoms with Crippen molar-refractivity contribution >= 4 is 0 Å². The molecule has 0 saturated heterocycles. The van der Waals surface area contributed by atoms with Gasteiger partial charge in [0.15, 0.2) is 0 Å². The van der Waals surface area contributed by atoms with Gasteiger partial charge in [0.1, 0.15) is 0 Å². The maximum absolute atomic E-state index is 11.7. The lowest BCUT2D eigenvalue weighted by atomic mass is 10.4. The molecule has 0 bridgehead atoms. The molecule has 1 N–H and O–H groups in total. The number of halogens is 3. The average Bonchev–Trinajstić information content (AvgIpc) is 2.83.